The Morgan fingerprint density at radius 3 is 2.87 bits per heavy atom. The van der Waals surface area contributed by atoms with Gasteiger partial charge in [0.05, 0.1) is 16.8 Å². The molecule has 0 N–H and O–H groups in total. The molecule has 4 rings (SSSR count). The molecule has 0 unspecified atom stereocenters. The highest BCUT2D eigenvalue weighted by atomic mass is 32.1. The molecular weight excluding hydrogens is 310 g/mol. The predicted molar refractivity (Wildman–Crippen MR) is 92.4 cm³/mol. The lowest BCUT2D eigenvalue weighted by atomic mass is 10.3. The van der Waals surface area contributed by atoms with Crippen LogP contribution >= 0.6 is 11.3 Å². The minimum absolute atomic E-state index is 0.268. The van der Waals surface area contributed by atoms with Crippen LogP contribution in [-0.4, -0.2) is 43.4 Å². The number of hydrogen-bond acceptors (Lipinski definition) is 6. The van der Waals surface area contributed by atoms with Gasteiger partial charge in [0.25, 0.3) is 0 Å². The maximum Gasteiger partial charge on any atom is 0.127 e. The summed E-state index contributed by atoms with van der Waals surface area (Å²) in [6, 6.07) is 10.1. The van der Waals surface area contributed by atoms with Crippen molar-refractivity contribution < 1.29 is 9.47 Å². The van der Waals surface area contributed by atoms with Gasteiger partial charge in [-0.15, -0.1) is 11.3 Å². The Morgan fingerprint density at radius 1 is 1.30 bits per heavy atom. The fourth-order valence-corrected chi connectivity index (χ4v) is 3.23. The Hall–Kier alpha value is -2.18. The van der Waals surface area contributed by atoms with Gasteiger partial charge < -0.3 is 14.4 Å². The molecule has 0 bridgehead atoms. The van der Waals surface area contributed by atoms with Crippen LogP contribution in [0.4, 0.5) is 5.82 Å². The summed E-state index contributed by atoms with van der Waals surface area (Å²) in [5, 5.41) is 0.973. The van der Waals surface area contributed by atoms with Crippen LogP contribution in [0.5, 0.6) is 5.75 Å². The van der Waals surface area contributed by atoms with E-state index < -0.39 is 0 Å². The zero-order valence-electron chi connectivity index (χ0n) is 13.0. The number of pyridine rings is 1. The number of epoxide rings is 1. The second-order valence-electron chi connectivity index (χ2n) is 5.71. The molecule has 0 saturated carbocycles. The molecule has 3 aromatic rings. The molecule has 1 aliphatic rings. The molecule has 118 valence electrons. The van der Waals surface area contributed by atoms with E-state index in [0.29, 0.717) is 6.61 Å². The summed E-state index contributed by atoms with van der Waals surface area (Å²) in [6.07, 6.45) is 2.14. The summed E-state index contributed by atoms with van der Waals surface area (Å²) >= 11 is 1.65. The number of aromatic nitrogens is 2. The van der Waals surface area contributed by atoms with Gasteiger partial charge in [-0.1, -0.05) is 0 Å². The molecule has 1 atom stereocenters. The number of nitrogens with zero attached hydrogens (tertiary/aromatic N) is 3. The Morgan fingerprint density at radius 2 is 2.17 bits per heavy atom. The van der Waals surface area contributed by atoms with Gasteiger partial charge in [-0.05, 0) is 30.3 Å². The van der Waals surface area contributed by atoms with Gasteiger partial charge in [-0.2, -0.15) is 0 Å². The molecular formula is C17H17N3O2S. The van der Waals surface area contributed by atoms with E-state index in [1.165, 1.54) is 0 Å². The summed E-state index contributed by atoms with van der Waals surface area (Å²) in [5.41, 5.74) is 2.02. The highest BCUT2D eigenvalue weighted by Crippen LogP contribution is 2.32. The number of benzene rings is 1. The number of thiazole rings is 1. The molecule has 2 aromatic heterocycles. The summed E-state index contributed by atoms with van der Waals surface area (Å²) in [6.45, 7) is 1.43. The second kappa shape index (κ2) is 5.79. The molecule has 0 aliphatic carbocycles. The van der Waals surface area contributed by atoms with Crippen LogP contribution in [-0.2, 0) is 4.74 Å². The van der Waals surface area contributed by atoms with Crippen LogP contribution in [0.15, 0.2) is 36.5 Å². The van der Waals surface area contributed by atoms with Crippen molar-refractivity contribution in [3.63, 3.8) is 0 Å². The third kappa shape index (κ3) is 3.13. The molecule has 5 nitrogen and oxygen atoms in total. The molecule has 6 heteroatoms. The third-order valence-corrected chi connectivity index (χ3v) is 4.72. The number of ether oxygens (including phenoxy) is 2. The van der Waals surface area contributed by atoms with Crippen molar-refractivity contribution >= 4 is 27.4 Å². The highest BCUT2D eigenvalue weighted by Gasteiger charge is 2.23. The third-order valence-electron chi connectivity index (χ3n) is 3.65. The van der Waals surface area contributed by atoms with Crippen molar-refractivity contribution in [3.05, 3.63) is 36.5 Å². The van der Waals surface area contributed by atoms with Gasteiger partial charge in [-0.25, -0.2) is 9.97 Å². The number of fused-ring (bicyclic) bond motifs is 1. The molecule has 3 heterocycles. The zero-order chi connectivity index (χ0) is 15.8. The first kappa shape index (κ1) is 14.4. The minimum Gasteiger partial charge on any atom is -0.491 e. The first-order valence-corrected chi connectivity index (χ1v) is 8.29. The van der Waals surface area contributed by atoms with Crippen molar-refractivity contribution in [2.75, 3.05) is 32.2 Å². The van der Waals surface area contributed by atoms with E-state index in [0.717, 1.165) is 39.0 Å². The molecule has 0 spiro atoms. The molecule has 1 fully saturated rings. The number of rotatable bonds is 5. The van der Waals surface area contributed by atoms with Crippen LogP contribution in [0.2, 0.25) is 0 Å². The van der Waals surface area contributed by atoms with Crippen molar-refractivity contribution in [3.8, 4) is 16.3 Å². The number of hydrogen-bond donors (Lipinski definition) is 0. The molecule has 23 heavy (non-hydrogen) atoms. The van der Waals surface area contributed by atoms with E-state index in [4.69, 9.17) is 14.5 Å². The monoisotopic (exact) mass is 327 g/mol. The lowest BCUT2D eigenvalue weighted by Crippen LogP contribution is -2.09. The Kier molecular flexibility index (Phi) is 3.63. The maximum atomic E-state index is 5.73. The Labute approximate surface area is 138 Å². The largest absolute Gasteiger partial charge is 0.491 e. The smallest absolute Gasteiger partial charge is 0.127 e. The van der Waals surface area contributed by atoms with E-state index in [2.05, 4.69) is 11.1 Å². The second-order valence-corrected chi connectivity index (χ2v) is 6.75. The molecule has 1 aromatic carbocycles. The van der Waals surface area contributed by atoms with Crippen LogP contribution in [0.1, 0.15) is 0 Å². The average Bonchev–Trinajstić information content (AvgIpc) is 3.30. The fourth-order valence-electron chi connectivity index (χ4n) is 2.25. The quantitative estimate of drug-likeness (QED) is 0.674. The van der Waals surface area contributed by atoms with Gasteiger partial charge >= 0.3 is 0 Å². The first-order valence-electron chi connectivity index (χ1n) is 7.48. The molecule has 1 saturated heterocycles. The summed E-state index contributed by atoms with van der Waals surface area (Å²) in [7, 11) is 3.96. The topological polar surface area (TPSA) is 50.8 Å². The van der Waals surface area contributed by atoms with Crippen LogP contribution < -0.4 is 9.64 Å². The van der Waals surface area contributed by atoms with E-state index in [1.54, 1.807) is 11.3 Å². The van der Waals surface area contributed by atoms with Gasteiger partial charge in [0.1, 0.15) is 29.3 Å². The van der Waals surface area contributed by atoms with E-state index in [9.17, 15) is 0 Å². The normalized spacial score (nSPS) is 16.5. The van der Waals surface area contributed by atoms with Crippen LogP contribution in [0.25, 0.3) is 20.8 Å². The standard InChI is InChI=1S/C17H17N3O2S/c1-20(2)16-6-3-11(8-18-16)17-19-14-5-4-12(7-15(14)23-17)21-9-13-10-22-13/h3-8,13H,9-10H2,1-2H3/t13-/m0/s1. The van der Waals surface area contributed by atoms with Crippen LogP contribution in [0, 0.1) is 0 Å². The van der Waals surface area contributed by atoms with Gasteiger partial charge in [0, 0.05) is 25.9 Å². The van der Waals surface area contributed by atoms with Crippen LogP contribution in [0.3, 0.4) is 0 Å². The van der Waals surface area contributed by atoms with E-state index in [-0.39, 0.29) is 6.10 Å². The van der Waals surface area contributed by atoms with E-state index >= 15 is 0 Å². The van der Waals surface area contributed by atoms with Crippen molar-refractivity contribution in [2.45, 2.75) is 6.10 Å². The number of anilines is 1. The Bertz CT molecular complexity index is 825. The SMILES string of the molecule is CN(C)c1ccc(-c2nc3ccc(OC[C@H]4CO4)cc3s2)cn1. The summed E-state index contributed by atoms with van der Waals surface area (Å²) in [4.78, 5) is 11.1. The summed E-state index contributed by atoms with van der Waals surface area (Å²) in [5.74, 6) is 1.80. The van der Waals surface area contributed by atoms with Crippen molar-refractivity contribution in [1.29, 1.82) is 0 Å². The highest BCUT2D eigenvalue weighted by molar-refractivity contribution is 7.21. The summed E-state index contributed by atoms with van der Waals surface area (Å²) < 4.78 is 12.0. The molecule has 0 amide bonds. The van der Waals surface area contributed by atoms with Gasteiger partial charge in [0.2, 0.25) is 0 Å². The zero-order valence-corrected chi connectivity index (χ0v) is 13.8. The predicted octanol–water partition coefficient (Wildman–Crippen LogP) is 3.20. The minimum atomic E-state index is 0.268. The van der Waals surface area contributed by atoms with Gasteiger partial charge in [0.15, 0.2) is 0 Å². The Balaban J connectivity index is 1.59. The van der Waals surface area contributed by atoms with E-state index in [1.807, 2.05) is 49.5 Å². The lowest BCUT2D eigenvalue weighted by molar-refractivity contribution is 0.263. The molecule has 0 radical (unpaired) electrons. The van der Waals surface area contributed by atoms with Gasteiger partial charge in [-0.3, -0.25) is 0 Å². The molecule has 1 aliphatic heterocycles. The maximum absolute atomic E-state index is 5.73. The van der Waals surface area contributed by atoms with Crippen molar-refractivity contribution in [1.82, 2.24) is 9.97 Å². The average molecular weight is 327 g/mol. The lowest BCUT2D eigenvalue weighted by Gasteiger charge is -2.10. The first-order chi connectivity index (χ1) is 11.2. The van der Waals surface area contributed by atoms with Crippen molar-refractivity contribution in [2.24, 2.45) is 0 Å². The fraction of sp³-hybridized carbons (Fsp3) is 0.294.